The van der Waals surface area contributed by atoms with Crippen molar-refractivity contribution in [2.24, 2.45) is 52.1 Å². The average Bonchev–Trinajstić information content (AvgIpc) is 2.90. The third-order valence-electron chi connectivity index (χ3n) is 9.71. The number of primary amides is 1. The molecular formula is C22H37NO. The number of amides is 1. The van der Waals surface area contributed by atoms with Gasteiger partial charge in [0.1, 0.15) is 0 Å². The van der Waals surface area contributed by atoms with E-state index in [2.05, 4.69) is 20.8 Å². The van der Waals surface area contributed by atoms with Gasteiger partial charge in [-0.2, -0.15) is 0 Å². The molecule has 1 amide bonds. The van der Waals surface area contributed by atoms with Gasteiger partial charge in [-0.15, -0.1) is 0 Å². The summed E-state index contributed by atoms with van der Waals surface area (Å²) in [6.45, 7) is 7.25. The molecule has 4 aliphatic rings. The van der Waals surface area contributed by atoms with E-state index in [1.165, 1.54) is 64.2 Å². The molecule has 4 aliphatic carbocycles. The summed E-state index contributed by atoms with van der Waals surface area (Å²) in [7, 11) is 0. The first-order valence-electron chi connectivity index (χ1n) is 10.7. The number of fused-ring (bicyclic) bond motifs is 5. The lowest BCUT2D eigenvalue weighted by molar-refractivity contribution is -0.130. The molecule has 4 saturated carbocycles. The van der Waals surface area contributed by atoms with Crippen molar-refractivity contribution < 1.29 is 4.79 Å². The summed E-state index contributed by atoms with van der Waals surface area (Å²) in [4.78, 5) is 11.8. The van der Waals surface area contributed by atoms with E-state index < -0.39 is 0 Å². The quantitative estimate of drug-likeness (QED) is 0.746. The fraction of sp³-hybridized carbons (Fsp3) is 0.955. The third-order valence-corrected chi connectivity index (χ3v) is 9.71. The molecule has 0 aliphatic heterocycles. The molecule has 2 heteroatoms. The van der Waals surface area contributed by atoms with Gasteiger partial charge in [0.2, 0.25) is 5.91 Å². The van der Waals surface area contributed by atoms with Crippen LogP contribution in [0.15, 0.2) is 0 Å². The lowest BCUT2D eigenvalue weighted by atomic mass is 9.44. The van der Waals surface area contributed by atoms with Gasteiger partial charge in [-0.3, -0.25) is 4.79 Å². The molecular weight excluding hydrogens is 294 g/mol. The minimum absolute atomic E-state index is 0.0538. The summed E-state index contributed by atoms with van der Waals surface area (Å²) in [5.74, 6) is 4.23. The fourth-order valence-corrected chi connectivity index (χ4v) is 8.36. The Morgan fingerprint density at radius 3 is 2.42 bits per heavy atom. The van der Waals surface area contributed by atoms with E-state index in [0.29, 0.717) is 16.7 Å². The second kappa shape index (κ2) is 5.74. The van der Waals surface area contributed by atoms with Crippen molar-refractivity contribution in [3.05, 3.63) is 0 Å². The molecule has 8 atom stereocenters. The SMILES string of the molecule is C[C@H](C(N)=O)[C@H]1CC[C@H]2[C@@H]3CCC4CCCC[C@]4(C)[C@H]3CC[C@]12C. The molecule has 0 heterocycles. The third kappa shape index (κ3) is 2.23. The van der Waals surface area contributed by atoms with Crippen LogP contribution in [0.1, 0.15) is 85.0 Å². The van der Waals surface area contributed by atoms with Crippen LogP contribution >= 0.6 is 0 Å². The largest absolute Gasteiger partial charge is 0.369 e. The van der Waals surface area contributed by atoms with E-state index in [1.807, 2.05) is 0 Å². The number of rotatable bonds is 2. The predicted octanol–water partition coefficient (Wildman–Crippen LogP) is 5.16. The van der Waals surface area contributed by atoms with E-state index in [9.17, 15) is 4.79 Å². The second-order valence-electron chi connectivity index (χ2n) is 10.3. The topological polar surface area (TPSA) is 43.1 Å². The Morgan fingerprint density at radius 2 is 1.67 bits per heavy atom. The van der Waals surface area contributed by atoms with E-state index in [-0.39, 0.29) is 11.8 Å². The highest BCUT2D eigenvalue weighted by molar-refractivity contribution is 5.76. The minimum Gasteiger partial charge on any atom is -0.369 e. The van der Waals surface area contributed by atoms with Crippen LogP contribution in [0.3, 0.4) is 0 Å². The Morgan fingerprint density at radius 1 is 0.917 bits per heavy atom. The minimum atomic E-state index is -0.0769. The molecule has 4 rings (SSSR count). The van der Waals surface area contributed by atoms with Crippen LogP contribution in [0, 0.1) is 46.3 Å². The van der Waals surface area contributed by atoms with Crippen molar-refractivity contribution in [3.8, 4) is 0 Å². The van der Waals surface area contributed by atoms with Crippen molar-refractivity contribution >= 4 is 5.91 Å². The molecule has 0 radical (unpaired) electrons. The first-order valence-corrected chi connectivity index (χ1v) is 10.7. The highest BCUT2D eigenvalue weighted by atomic mass is 16.1. The normalized spacial score (nSPS) is 52.0. The molecule has 0 saturated heterocycles. The summed E-state index contributed by atoms with van der Waals surface area (Å²) in [5, 5.41) is 0. The molecule has 0 aromatic rings. The summed E-state index contributed by atoms with van der Waals surface area (Å²) in [6, 6.07) is 0. The van der Waals surface area contributed by atoms with Crippen LogP contribution in [0.5, 0.6) is 0 Å². The molecule has 0 bridgehead atoms. The van der Waals surface area contributed by atoms with Crippen molar-refractivity contribution in [3.63, 3.8) is 0 Å². The predicted molar refractivity (Wildman–Crippen MR) is 98.2 cm³/mol. The Labute approximate surface area is 148 Å². The maximum atomic E-state index is 11.8. The first kappa shape index (κ1) is 16.9. The van der Waals surface area contributed by atoms with Gasteiger partial charge in [0.05, 0.1) is 0 Å². The number of carbonyl (C=O) groups is 1. The van der Waals surface area contributed by atoms with Gasteiger partial charge in [-0.25, -0.2) is 0 Å². The van der Waals surface area contributed by atoms with Crippen LogP contribution in [0.25, 0.3) is 0 Å². The van der Waals surface area contributed by atoms with E-state index in [4.69, 9.17) is 5.73 Å². The molecule has 0 spiro atoms. The maximum Gasteiger partial charge on any atom is 0.220 e. The van der Waals surface area contributed by atoms with Crippen LogP contribution in [0.4, 0.5) is 0 Å². The van der Waals surface area contributed by atoms with Crippen molar-refractivity contribution in [2.45, 2.75) is 85.0 Å². The number of nitrogens with two attached hydrogens (primary N) is 1. The van der Waals surface area contributed by atoms with E-state index in [1.54, 1.807) is 0 Å². The number of hydrogen-bond donors (Lipinski definition) is 1. The van der Waals surface area contributed by atoms with Gasteiger partial charge >= 0.3 is 0 Å². The van der Waals surface area contributed by atoms with Gasteiger partial charge in [0, 0.05) is 5.92 Å². The van der Waals surface area contributed by atoms with Gasteiger partial charge in [0.25, 0.3) is 0 Å². The first-order chi connectivity index (χ1) is 11.4. The lowest BCUT2D eigenvalue weighted by Gasteiger charge is -2.60. The molecule has 1 unspecified atom stereocenters. The van der Waals surface area contributed by atoms with Crippen molar-refractivity contribution in [2.75, 3.05) is 0 Å². The highest BCUT2D eigenvalue weighted by Crippen LogP contribution is 2.68. The second-order valence-corrected chi connectivity index (χ2v) is 10.3. The highest BCUT2D eigenvalue weighted by Gasteiger charge is 2.60. The summed E-state index contributed by atoms with van der Waals surface area (Å²) in [6.07, 6.45) is 14.2. The van der Waals surface area contributed by atoms with Crippen molar-refractivity contribution in [1.82, 2.24) is 0 Å². The van der Waals surface area contributed by atoms with E-state index in [0.717, 1.165) is 23.7 Å². The smallest absolute Gasteiger partial charge is 0.220 e. The summed E-state index contributed by atoms with van der Waals surface area (Å²) in [5.41, 5.74) is 6.69. The van der Waals surface area contributed by atoms with Gasteiger partial charge in [0.15, 0.2) is 0 Å². The molecule has 136 valence electrons. The van der Waals surface area contributed by atoms with Gasteiger partial charge in [-0.1, -0.05) is 33.6 Å². The zero-order chi connectivity index (χ0) is 17.1. The van der Waals surface area contributed by atoms with Crippen LogP contribution in [0.2, 0.25) is 0 Å². The maximum absolute atomic E-state index is 11.8. The van der Waals surface area contributed by atoms with Crippen molar-refractivity contribution in [1.29, 1.82) is 0 Å². The zero-order valence-corrected chi connectivity index (χ0v) is 16.0. The van der Waals surface area contributed by atoms with E-state index >= 15 is 0 Å². The lowest BCUT2D eigenvalue weighted by Crippen LogP contribution is -2.53. The van der Waals surface area contributed by atoms with Crippen LogP contribution in [-0.4, -0.2) is 5.91 Å². The Hall–Kier alpha value is -0.530. The molecule has 0 aromatic heterocycles. The Balaban J connectivity index is 1.60. The van der Waals surface area contributed by atoms with Gasteiger partial charge in [-0.05, 0) is 91.8 Å². The standard InChI is InChI=1S/C22H37NO/c1-14(20(23)24)17-9-10-18-16-8-7-15-6-4-5-12-21(15,2)19(16)11-13-22(17,18)3/h14-19H,4-13H2,1-3H3,(H2,23,24)/t14-,15?,16-,17+,18-,19-,21-,22+/m0/s1. The van der Waals surface area contributed by atoms with Crippen LogP contribution in [-0.2, 0) is 4.79 Å². The Kier molecular flexibility index (Phi) is 4.05. The molecule has 24 heavy (non-hydrogen) atoms. The monoisotopic (exact) mass is 331 g/mol. The number of carbonyl (C=O) groups excluding carboxylic acids is 1. The molecule has 2 nitrogen and oxygen atoms in total. The zero-order valence-electron chi connectivity index (χ0n) is 16.0. The molecule has 2 N–H and O–H groups in total. The average molecular weight is 332 g/mol. The molecule has 0 aromatic carbocycles. The summed E-state index contributed by atoms with van der Waals surface area (Å²) >= 11 is 0. The van der Waals surface area contributed by atoms with Crippen LogP contribution < -0.4 is 5.73 Å². The van der Waals surface area contributed by atoms with Gasteiger partial charge < -0.3 is 5.73 Å². The fourth-order valence-electron chi connectivity index (χ4n) is 8.36. The Bertz CT molecular complexity index is 516. The number of hydrogen-bond acceptors (Lipinski definition) is 1. The molecule has 4 fully saturated rings. The summed E-state index contributed by atoms with van der Waals surface area (Å²) < 4.78 is 0.